The van der Waals surface area contributed by atoms with E-state index in [-0.39, 0.29) is 11.8 Å². The molecule has 2 aromatic heterocycles. The van der Waals surface area contributed by atoms with Crippen LogP contribution in [0.15, 0.2) is 23.7 Å². The Morgan fingerprint density at radius 2 is 2.30 bits per heavy atom. The maximum absolute atomic E-state index is 8.75. The second-order valence-corrected chi connectivity index (χ2v) is 4.82. The molecule has 0 amide bonds. The number of fused-ring (bicyclic) bond motifs is 1. The van der Waals surface area contributed by atoms with Gasteiger partial charge in [0.25, 0.3) is 0 Å². The normalized spacial score (nSPS) is 13.7. The lowest BCUT2D eigenvalue weighted by molar-refractivity contribution is 0.314. The fourth-order valence-corrected chi connectivity index (χ4v) is 2.17. The second kappa shape index (κ2) is 5.77. The Balaban J connectivity index is 2.35. The summed E-state index contributed by atoms with van der Waals surface area (Å²) < 4.78 is 1.96. The molecule has 0 radical (unpaired) electrons. The Morgan fingerprint density at radius 3 is 2.95 bits per heavy atom. The van der Waals surface area contributed by atoms with Crippen molar-refractivity contribution in [3.05, 3.63) is 18.6 Å². The van der Waals surface area contributed by atoms with Crippen LogP contribution in [-0.4, -0.2) is 38.7 Å². The third-order valence-corrected chi connectivity index (χ3v) is 3.42. The molecule has 3 N–H and O–H groups in total. The third-order valence-electron chi connectivity index (χ3n) is 3.42. The number of hydrogen-bond acceptors (Lipinski definition) is 5. The molecule has 7 heteroatoms. The van der Waals surface area contributed by atoms with Crippen LogP contribution >= 0.6 is 0 Å². The summed E-state index contributed by atoms with van der Waals surface area (Å²) in [6.07, 6.45) is 3.55. The van der Waals surface area contributed by atoms with Gasteiger partial charge in [-0.1, -0.05) is 12.1 Å². The smallest absolute Gasteiger partial charge is 0.156 e. The zero-order valence-corrected chi connectivity index (χ0v) is 12.0. The summed E-state index contributed by atoms with van der Waals surface area (Å²) in [6, 6.07) is 1.94. The van der Waals surface area contributed by atoms with E-state index < -0.39 is 0 Å². The molecular weight excluding hydrogens is 256 g/mol. The topological polar surface area (TPSA) is 92.6 Å². The van der Waals surface area contributed by atoms with Gasteiger partial charge in [-0.25, -0.2) is 9.97 Å². The molecule has 0 aliphatic heterocycles. The van der Waals surface area contributed by atoms with Gasteiger partial charge in [-0.3, -0.25) is 0 Å². The van der Waals surface area contributed by atoms with Crippen molar-refractivity contribution in [2.75, 3.05) is 18.0 Å². The predicted octanol–water partition coefficient (Wildman–Crippen LogP) is 1.18. The lowest BCUT2D eigenvalue weighted by Gasteiger charge is -2.25. The Labute approximate surface area is 117 Å². The van der Waals surface area contributed by atoms with Gasteiger partial charge in [-0.15, -0.1) is 0 Å². The van der Waals surface area contributed by atoms with Crippen LogP contribution < -0.4 is 10.6 Å². The van der Waals surface area contributed by atoms with E-state index in [4.69, 9.17) is 10.9 Å². The first-order chi connectivity index (χ1) is 9.58. The molecule has 0 aromatic carbocycles. The summed E-state index contributed by atoms with van der Waals surface area (Å²) in [5, 5.41) is 11.8. The maximum Gasteiger partial charge on any atom is 0.156 e. The van der Waals surface area contributed by atoms with E-state index in [1.165, 1.54) is 0 Å². The predicted molar refractivity (Wildman–Crippen MR) is 79.0 cm³/mol. The largest absolute Gasteiger partial charge is 0.409 e. The van der Waals surface area contributed by atoms with Crippen molar-refractivity contribution in [1.82, 2.24) is 14.5 Å². The van der Waals surface area contributed by atoms with Crippen molar-refractivity contribution in [3.63, 3.8) is 0 Å². The van der Waals surface area contributed by atoms with E-state index in [1.54, 1.807) is 12.5 Å². The highest BCUT2D eigenvalue weighted by Gasteiger charge is 2.17. The van der Waals surface area contributed by atoms with Crippen LogP contribution in [0.5, 0.6) is 0 Å². The van der Waals surface area contributed by atoms with Gasteiger partial charge in [-0.2, -0.15) is 0 Å². The highest BCUT2D eigenvalue weighted by atomic mass is 16.4. The van der Waals surface area contributed by atoms with Crippen LogP contribution in [0.3, 0.4) is 0 Å². The number of nitrogens with zero attached hydrogens (tertiary/aromatic N) is 5. The number of imidazole rings is 1. The number of amidine groups is 1. The monoisotopic (exact) mass is 276 g/mol. The fraction of sp³-hybridized carbons (Fsp3) is 0.462. The number of oxime groups is 1. The molecule has 0 saturated carbocycles. The van der Waals surface area contributed by atoms with Crippen LogP contribution in [0.1, 0.15) is 13.8 Å². The summed E-state index contributed by atoms with van der Waals surface area (Å²) in [6.45, 7) is 5.35. The van der Waals surface area contributed by atoms with Gasteiger partial charge in [0.05, 0.1) is 11.8 Å². The molecule has 7 nitrogen and oxygen atoms in total. The zero-order valence-electron chi connectivity index (χ0n) is 12.0. The summed E-state index contributed by atoms with van der Waals surface area (Å²) in [5.41, 5.74) is 7.54. The fourth-order valence-electron chi connectivity index (χ4n) is 2.17. The molecule has 20 heavy (non-hydrogen) atoms. The van der Waals surface area contributed by atoms with Crippen molar-refractivity contribution in [1.29, 1.82) is 0 Å². The third kappa shape index (κ3) is 2.52. The van der Waals surface area contributed by atoms with Crippen LogP contribution in [0.25, 0.3) is 11.0 Å². The average molecular weight is 276 g/mol. The molecule has 0 saturated heterocycles. The summed E-state index contributed by atoms with van der Waals surface area (Å²) >= 11 is 0. The van der Waals surface area contributed by atoms with E-state index in [2.05, 4.69) is 20.0 Å². The molecule has 1 atom stereocenters. The van der Waals surface area contributed by atoms with Gasteiger partial charge in [0.2, 0.25) is 0 Å². The number of anilines is 1. The molecule has 0 aliphatic rings. The minimum absolute atomic E-state index is 0.0688. The maximum atomic E-state index is 8.75. The molecule has 108 valence electrons. The van der Waals surface area contributed by atoms with Gasteiger partial charge in [-0.05, 0) is 13.0 Å². The number of aryl methyl sites for hydroxylation is 1. The number of nitrogens with two attached hydrogens (primary N) is 1. The average Bonchev–Trinajstić information content (AvgIpc) is 2.85. The van der Waals surface area contributed by atoms with Crippen molar-refractivity contribution in [3.8, 4) is 0 Å². The summed E-state index contributed by atoms with van der Waals surface area (Å²) in [4.78, 5) is 10.9. The molecule has 0 aliphatic carbocycles. The number of aromatic nitrogens is 3. The zero-order chi connectivity index (χ0) is 14.7. The molecule has 2 aromatic rings. The summed E-state index contributed by atoms with van der Waals surface area (Å²) in [7, 11) is 1.95. The first-order valence-corrected chi connectivity index (χ1v) is 6.56. The van der Waals surface area contributed by atoms with Crippen LogP contribution in [0, 0.1) is 5.92 Å². The Kier molecular flexibility index (Phi) is 4.07. The van der Waals surface area contributed by atoms with E-state index in [0.29, 0.717) is 6.54 Å². The van der Waals surface area contributed by atoms with Crippen molar-refractivity contribution >= 4 is 22.7 Å². The van der Waals surface area contributed by atoms with E-state index in [1.807, 2.05) is 31.5 Å². The Hall–Kier alpha value is -2.31. The first kappa shape index (κ1) is 14.1. The van der Waals surface area contributed by atoms with Crippen LogP contribution in [0.4, 0.5) is 5.82 Å². The van der Waals surface area contributed by atoms with Crippen molar-refractivity contribution in [2.24, 2.45) is 23.9 Å². The minimum Gasteiger partial charge on any atom is -0.409 e. The second-order valence-electron chi connectivity index (χ2n) is 4.82. The minimum atomic E-state index is -0.0688. The van der Waals surface area contributed by atoms with E-state index in [9.17, 15) is 0 Å². The van der Waals surface area contributed by atoms with Gasteiger partial charge < -0.3 is 20.4 Å². The van der Waals surface area contributed by atoms with Crippen molar-refractivity contribution < 1.29 is 5.21 Å². The Bertz CT molecular complexity index is 620. The van der Waals surface area contributed by atoms with Gasteiger partial charge in [0, 0.05) is 32.3 Å². The molecule has 2 heterocycles. The molecule has 0 fully saturated rings. The molecule has 2 rings (SSSR count). The number of pyridine rings is 1. The molecule has 0 bridgehead atoms. The molecule has 1 unspecified atom stereocenters. The summed E-state index contributed by atoms with van der Waals surface area (Å²) in [5.74, 6) is 0.973. The standard InChI is InChI=1S/C13H20N6O/c1-4-19(7-9(2)12(14)17-20)13-11-10(5-6-15-13)18(3)8-16-11/h5-6,8-9,20H,4,7H2,1-3H3,(H2,14,17). The van der Waals surface area contributed by atoms with Gasteiger partial charge in [0.15, 0.2) is 5.82 Å². The van der Waals surface area contributed by atoms with E-state index in [0.717, 1.165) is 23.4 Å². The molecule has 0 spiro atoms. The number of hydrogen-bond donors (Lipinski definition) is 2. The van der Waals surface area contributed by atoms with Gasteiger partial charge in [0.1, 0.15) is 11.4 Å². The quantitative estimate of drug-likeness (QED) is 0.370. The van der Waals surface area contributed by atoms with Crippen LogP contribution in [0.2, 0.25) is 0 Å². The first-order valence-electron chi connectivity index (χ1n) is 6.56. The van der Waals surface area contributed by atoms with Crippen LogP contribution in [-0.2, 0) is 7.05 Å². The van der Waals surface area contributed by atoms with Crippen molar-refractivity contribution in [2.45, 2.75) is 13.8 Å². The van der Waals surface area contributed by atoms with Gasteiger partial charge >= 0.3 is 0 Å². The highest BCUT2D eigenvalue weighted by molar-refractivity contribution is 5.87. The number of rotatable bonds is 5. The molecular formula is C13H20N6O. The lowest BCUT2D eigenvalue weighted by Crippen LogP contribution is -2.35. The highest BCUT2D eigenvalue weighted by Crippen LogP contribution is 2.23. The van der Waals surface area contributed by atoms with E-state index >= 15 is 0 Å². The Morgan fingerprint density at radius 1 is 1.55 bits per heavy atom. The lowest BCUT2D eigenvalue weighted by atomic mass is 10.1. The SMILES string of the molecule is CCN(CC(C)/C(N)=N/O)c1nccc2c1ncn2C.